The Morgan fingerprint density at radius 2 is 2.04 bits per heavy atom. The Bertz CT molecular complexity index is 937. The van der Waals surface area contributed by atoms with E-state index in [4.69, 9.17) is 9.47 Å². The first-order valence-electron chi connectivity index (χ1n) is 8.92. The van der Waals surface area contributed by atoms with Crippen molar-refractivity contribution in [3.8, 4) is 22.8 Å². The molecule has 0 aliphatic rings. The lowest BCUT2D eigenvalue weighted by atomic mass is 10.1. The fourth-order valence-corrected chi connectivity index (χ4v) is 2.68. The molecule has 0 bridgehead atoms. The zero-order valence-corrected chi connectivity index (χ0v) is 16.2. The van der Waals surface area contributed by atoms with Crippen molar-refractivity contribution in [3.05, 3.63) is 54.1 Å². The number of nitrogens with zero attached hydrogens (tertiary/aromatic N) is 4. The number of amides is 1. The normalized spacial score (nSPS) is 10.7. The molecule has 0 fully saturated rings. The van der Waals surface area contributed by atoms with Gasteiger partial charge in [0.05, 0.1) is 18.9 Å². The third-order valence-corrected chi connectivity index (χ3v) is 4.11. The topological polar surface area (TPSA) is 91.2 Å². The van der Waals surface area contributed by atoms with Crippen molar-refractivity contribution in [3.63, 3.8) is 0 Å². The molecule has 3 aromatic rings. The summed E-state index contributed by atoms with van der Waals surface area (Å²) in [7, 11) is 3.23. The van der Waals surface area contributed by atoms with Crippen molar-refractivity contribution in [1.29, 1.82) is 0 Å². The van der Waals surface area contributed by atoms with Gasteiger partial charge in [0.15, 0.2) is 5.82 Å². The van der Waals surface area contributed by atoms with Gasteiger partial charge in [-0.1, -0.05) is 0 Å². The first-order chi connectivity index (χ1) is 13.6. The lowest BCUT2D eigenvalue weighted by molar-refractivity contribution is 0.0948. The summed E-state index contributed by atoms with van der Waals surface area (Å²) in [5.74, 6) is 1.03. The minimum Gasteiger partial charge on any atom is -0.481 e. The number of rotatable bonds is 8. The predicted octanol–water partition coefficient (Wildman–Crippen LogP) is 2.41. The highest BCUT2D eigenvalue weighted by molar-refractivity contribution is 5.93. The number of methoxy groups -OCH3 is 2. The molecule has 0 unspecified atom stereocenters. The van der Waals surface area contributed by atoms with Crippen LogP contribution in [0.25, 0.3) is 16.9 Å². The molecule has 28 heavy (non-hydrogen) atoms. The van der Waals surface area contributed by atoms with Gasteiger partial charge in [-0.2, -0.15) is 5.10 Å². The lowest BCUT2D eigenvalue weighted by Crippen LogP contribution is -2.25. The Kier molecular flexibility index (Phi) is 6.33. The number of nitrogens with one attached hydrogen (secondary N) is 1. The molecule has 8 heteroatoms. The SMILES string of the molecule is COCCCNC(=O)c1ccc(-n2cc(-c3cc(C)nc(OC)c3)cn2)nc1. The van der Waals surface area contributed by atoms with Gasteiger partial charge in [0, 0.05) is 50.0 Å². The Balaban J connectivity index is 1.71. The van der Waals surface area contributed by atoms with Crippen LogP contribution >= 0.6 is 0 Å². The molecular formula is C20H23N5O3. The van der Waals surface area contributed by atoms with E-state index in [0.29, 0.717) is 30.4 Å². The summed E-state index contributed by atoms with van der Waals surface area (Å²) in [6, 6.07) is 7.32. The molecule has 1 amide bonds. The second-order valence-electron chi connectivity index (χ2n) is 6.22. The molecule has 0 aliphatic heterocycles. The summed E-state index contributed by atoms with van der Waals surface area (Å²) < 4.78 is 11.9. The number of aromatic nitrogens is 4. The molecule has 0 radical (unpaired) electrons. The number of aryl methyl sites for hydroxylation is 1. The maximum Gasteiger partial charge on any atom is 0.252 e. The molecule has 0 atom stereocenters. The molecule has 3 heterocycles. The van der Waals surface area contributed by atoms with Crippen LogP contribution in [0.1, 0.15) is 22.5 Å². The zero-order valence-electron chi connectivity index (χ0n) is 16.2. The highest BCUT2D eigenvalue weighted by Gasteiger charge is 2.09. The van der Waals surface area contributed by atoms with Gasteiger partial charge in [-0.3, -0.25) is 4.79 Å². The van der Waals surface area contributed by atoms with Gasteiger partial charge in [0.25, 0.3) is 5.91 Å². The van der Waals surface area contributed by atoms with Crippen LogP contribution < -0.4 is 10.1 Å². The number of pyridine rings is 2. The fraction of sp³-hybridized carbons (Fsp3) is 0.300. The number of carbonyl (C=O) groups excluding carboxylic acids is 1. The third-order valence-electron chi connectivity index (χ3n) is 4.11. The van der Waals surface area contributed by atoms with E-state index in [-0.39, 0.29) is 5.91 Å². The molecule has 0 aromatic carbocycles. The van der Waals surface area contributed by atoms with Gasteiger partial charge in [-0.25, -0.2) is 14.6 Å². The van der Waals surface area contributed by atoms with E-state index in [2.05, 4.69) is 20.4 Å². The van der Waals surface area contributed by atoms with Gasteiger partial charge in [0.2, 0.25) is 5.88 Å². The molecule has 0 spiro atoms. The Labute approximate surface area is 163 Å². The maximum atomic E-state index is 12.1. The second kappa shape index (κ2) is 9.09. The molecule has 146 valence electrons. The van der Waals surface area contributed by atoms with Crippen LogP contribution in [0.5, 0.6) is 5.88 Å². The van der Waals surface area contributed by atoms with E-state index in [9.17, 15) is 4.79 Å². The van der Waals surface area contributed by atoms with E-state index < -0.39 is 0 Å². The van der Waals surface area contributed by atoms with Gasteiger partial charge in [0.1, 0.15) is 0 Å². The third kappa shape index (κ3) is 4.72. The summed E-state index contributed by atoms with van der Waals surface area (Å²) >= 11 is 0. The molecule has 1 N–H and O–H groups in total. The van der Waals surface area contributed by atoms with Crippen LogP contribution in [0.4, 0.5) is 0 Å². The highest BCUT2D eigenvalue weighted by Crippen LogP contribution is 2.24. The van der Waals surface area contributed by atoms with E-state index in [1.807, 2.05) is 25.3 Å². The minimum absolute atomic E-state index is 0.157. The van der Waals surface area contributed by atoms with Crippen LogP contribution in [0.15, 0.2) is 42.9 Å². The Morgan fingerprint density at radius 1 is 1.18 bits per heavy atom. The number of carbonyl (C=O) groups is 1. The maximum absolute atomic E-state index is 12.1. The van der Waals surface area contributed by atoms with Crippen LogP contribution in [-0.2, 0) is 4.74 Å². The van der Waals surface area contributed by atoms with Crippen molar-refractivity contribution in [2.75, 3.05) is 27.4 Å². The Hall–Kier alpha value is -3.26. The molecule has 3 rings (SSSR count). The van der Waals surface area contributed by atoms with E-state index in [0.717, 1.165) is 23.2 Å². The second-order valence-corrected chi connectivity index (χ2v) is 6.22. The average Bonchev–Trinajstić information content (AvgIpc) is 3.21. The lowest BCUT2D eigenvalue weighted by Gasteiger charge is -2.06. The van der Waals surface area contributed by atoms with Crippen molar-refractivity contribution in [2.45, 2.75) is 13.3 Å². The van der Waals surface area contributed by atoms with E-state index >= 15 is 0 Å². The van der Waals surface area contributed by atoms with Crippen LogP contribution in [0, 0.1) is 6.92 Å². The zero-order chi connectivity index (χ0) is 19.9. The van der Waals surface area contributed by atoms with Gasteiger partial charge >= 0.3 is 0 Å². The van der Waals surface area contributed by atoms with Crippen LogP contribution in [0.3, 0.4) is 0 Å². The summed E-state index contributed by atoms with van der Waals surface area (Å²) in [6.45, 7) is 3.09. The summed E-state index contributed by atoms with van der Waals surface area (Å²) in [6.07, 6.45) is 5.94. The Morgan fingerprint density at radius 3 is 2.75 bits per heavy atom. The van der Waals surface area contributed by atoms with Crippen LogP contribution in [0.2, 0.25) is 0 Å². The van der Waals surface area contributed by atoms with Crippen molar-refractivity contribution >= 4 is 5.91 Å². The quantitative estimate of drug-likeness (QED) is 0.603. The van der Waals surface area contributed by atoms with Crippen molar-refractivity contribution in [1.82, 2.24) is 25.1 Å². The summed E-state index contributed by atoms with van der Waals surface area (Å²) in [5.41, 5.74) is 3.25. The number of ether oxygens (including phenoxy) is 2. The van der Waals surface area contributed by atoms with E-state index in [1.165, 1.54) is 0 Å². The molecular weight excluding hydrogens is 358 g/mol. The first kappa shape index (κ1) is 19.5. The molecule has 0 aliphatic carbocycles. The summed E-state index contributed by atoms with van der Waals surface area (Å²) in [5, 5.41) is 7.21. The monoisotopic (exact) mass is 381 g/mol. The number of hydrogen-bond donors (Lipinski definition) is 1. The van der Waals surface area contributed by atoms with Gasteiger partial charge < -0.3 is 14.8 Å². The average molecular weight is 381 g/mol. The van der Waals surface area contributed by atoms with Crippen molar-refractivity contribution in [2.24, 2.45) is 0 Å². The summed E-state index contributed by atoms with van der Waals surface area (Å²) in [4.78, 5) is 20.7. The van der Waals surface area contributed by atoms with E-state index in [1.54, 1.807) is 43.4 Å². The molecule has 0 saturated carbocycles. The fourth-order valence-electron chi connectivity index (χ4n) is 2.68. The molecule has 0 saturated heterocycles. The number of hydrogen-bond acceptors (Lipinski definition) is 6. The minimum atomic E-state index is -0.157. The molecule has 8 nitrogen and oxygen atoms in total. The van der Waals surface area contributed by atoms with Gasteiger partial charge in [-0.05, 0) is 37.1 Å². The smallest absolute Gasteiger partial charge is 0.252 e. The van der Waals surface area contributed by atoms with Crippen LogP contribution in [-0.4, -0.2) is 53.0 Å². The first-order valence-corrected chi connectivity index (χ1v) is 8.92. The highest BCUT2D eigenvalue weighted by atomic mass is 16.5. The largest absolute Gasteiger partial charge is 0.481 e. The standard InChI is InChI=1S/C20H23N5O3/c1-14-9-16(10-19(24-14)28-3)17-12-23-25(13-17)18-6-5-15(11-22-18)20(26)21-7-4-8-27-2/h5-6,9-13H,4,7-8H2,1-3H3,(H,21,26). The van der Waals surface area contributed by atoms with Crippen molar-refractivity contribution < 1.29 is 14.3 Å². The predicted molar refractivity (Wildman–Crippen MR) is 105 cm³/mol. The molecule has 3 aromatic heterocycles. The van der Waals surface area contributed by atoms with Gasteiger partial charge in [-0.15, -0.1) is 0 Å².